The summed E-state index contributed by atoms with van der Waals surface area (Å²) in [4.78, 5) is 12.4. The van der Waals surface area contributed by atoms with Crippen molar-refractivity contribution in [2.45, 2.75) is 76.8 Å². The van der Waals surface area contributed by atoms with Crippen molar-refractivity contribution in [2.24, 2.45) is 0 Å². The van der Waals surface area contributed by atoms with E-state index in [2.05, 4.69) is 31.2 Å². The zero-order chi connectivity index (χ0) is 14.7. The van der Waals surface area contributed by atoms with Crippen LogP contribution in [0.2, 0.25) is 0 Å². The highest BCUT2D eigenvalue weighted by molar-refractivity contribution is 5.71. The van der Waals surface area contributed by atoms with Crippen LogP contribution in [-0.4, -0.2) is 18.5 Å². The minimum atomic E-state index is 0.502. The van der Waals surface area contributed by atoms with Crippen molar-refractivity contribution < 1.29 is 4.79 Å². The Balaban J connectivity index is 2.02. The van der Waals surface area contributed by atoms with Gasteiger partial charge in [-0.25, -0.2) is 9.28 Å². The van der Waals surface area contributed by atoms with Gasteiger partial charge in [0.2, 0.25) is 0 Å². The molecule has 3 rings (SSSR count). The van der Waals surface area contributed by atoms with Gasteiger partial charge < -0.3 is 0 Å². The third-order valence-corrected chi connectivity index (χ3v) is 5.76. The number of aryl methyl sites for hydroxylation is 1. The highest BCUT2D eigenvalue weighted by Gasteiger charge is 2.47. The van der Waals surface area contributed by atoms with Crippen LogP contribution in [0.1, 0.15) is 63.4 Å². The minimum absolute atomic E-state index is 0.502. The first-order valence-electron chi connectivity index (χ1n) is 8.69. The van der Waals surface area contributed by atoms with Crippen LogP contribution in [0, 0.1) is 6.92 Å². The van der Waals surface area contributed by atoms with Crippen molar-refractivity contribution in [3.8, 4) is 0 Å². The molecule has 0 aromatic heterocycles. The van der Waals surface area contributed by atoms with Crippen LogP contribution in [0.3, 0.4) is 0 Å². The molecule has 0 saturated heterocycles. The zero-order valence-corrected chi connectivity index (χ0v) is 13.3. The van der Waals surface area contributed by atoms with Crippen LogP contribution >= 0.6 is 0 Å². The molecule has 0 radical (unpaired) electrons. The second kappa shape index (κ2) is 6.31. The summed E-state index contributed by atoms with van der Waals surface area (Å²) >= 11 is 0. The molecular formula is C19H28NO+. The van der Waals surface area contributed by atoms with Crippen LogP contribution in [-0.2, 0) is 4.79 Å². The third-order valence-electron chi connectivity index (χ3n) is 5.76. The van der Waals surface area contributed by atoms with Crippen LogP contribution in [0.4, 0.5) is 5.69 Å². The number of hydrogen-bond acceptors (Lipinski definition) is 1. The smallest absolute Gasteiger partial charge is 0.233 e. The first-order chi connectivity index (χ1) is 10.3. The van der Waals surface area contributed by atoms with Gasteiger partial charge in [-0.2, -0.15) is 0 Å². The summed E-state index contributed by atoms with van der Waals surface area (Å²) in [5.74, 6) is 0. The topological polar surface area (TPSA) is 17.1 Å². The fraction of sp³-hybridized carbons (Fsp3) is 0.632. The van der Waals surface area contributed by atoms with Crippen LogP contribution in [0.25, 0.3) is 0 Å². The second-order valence-electron chi connectivity index (χ2n) is 7.01. The maximum Gasteiger partial charge on any atom is 0.307 e. The summed E-state index contributed by atoms with van der Waals surface area (Å²) in [5, 5.41) is 0. The van der Waals surface area contributed by atoms with Gasteiger partial charge >= 0.3 is 6.41 Å². The molecule has 0 heterocycles. The summed E-state index contributed by atoms with van der Waals surface area (Å²) in [5.41, 5.74) is 2.51. The molecule has 0 bridgehead atoms. The predicted octanol–water partition coefficient (Wildman–Crippen LogP) is 4.73. The van der Waals surface area contributed by atoms with E-state index in [-0.39, 0.29) is 0 Å². The van der Waals surface area contributed by atoms with Gasteiger partial charge in [0.15, 0.2) is 0 Å². The molecule has 1 aromatic carbocycles. The normalized spacial score (nSPS) is 23.9. The lowest BCUT2D eigenvalue weighted by Gasteiger charge is -2.45. The number of carbonyl (C=O) groups excluding carboxylic acids is 1. The minimum Gasteiger partial charge on any atom is -0.233 e. The Kier molecular flexibility index (Phi) is 4.44. The van der Waals surface area contributed by atoms with Crippen molar-refractivity contribution in [1.82, 2.24) is 4.48 Å². The molecule has 21 heavy (non-hydrogen) atoms. The van der Waals surface area contributed by atoms with E-state index < -0.39 is 0 Å². The van der Waals surface area contributed by atoms with E-state index in [9.17, 15) is 4.79 Å². The van der Waals surface area contributed by atoms with Crippen molar-refractivity contribution in [3.63, 3.8) is 0 Å². The third kappa shape index (κ3) is 2.66. The van der Waals surface area contributed by atoms with Gasteiger partial charge in [-0.05, 0) is 44.7 Å². The maximum absolute atomic E-state index is 12.4. The van der Waals surface area contributed by atoms with E-state index >= 15 is 0 Å². The lowest BCUT2D eigenvalue weighted by Crippen LogP contribution is -2.62. The van der Waals surface area contributed by atoms with Gasteiger partial charge in [0.25, 0.3) is 0 Å². The Hall–Kier alpha value is -1.15. The number of hydrogen-bond donors (Lipinski definition) is 0. The van der Waals surface area contributed by atoms with E-state index in [1.54, 1.807) is 0 Å². The number of amides is 1. The number of quaternary nitrogens is 1. The van der Waals surface area contributed by atoms with Gasteiger partial charge in [0.05, 0.1) is 0 Å². The largest absolute Gasteiger partial charge is 0.307 e. The molecule has 2 nitrogen and oxygen atoms in total. The molecule has 2 aliphatic rings. The van der Waals surface area contributed by atoms with E-state index in [0.717, 1.165) is 0 Å². The molecule has 0 spiro atoms. The molecule has 2 aliphatic carbocycles. The number of carbonyl (C=O) groups is 1. The summed E-state index contributed by atoms with van der Waals surface area (Å²) < 4.78 is 0.611. The lowest BCUT2D eigenvalue weighted by molar-refractivity contribution is -0.122. The highest BCUT2D eigenvalue weighted by Crippen LogP contribution is 2.40. The molecule has 0 N–H and O–H groups in total. The fourth-order valence-electron chi connectivity index (χ4n) is 4.60. The molecular weight excluding hydrogens is 258 g/mol. The van der Waals surface area contributed by atoms with Crippen molar-refractivity contribution in [1.29, 1.82) is 0 Å². The van der Waals surface area contributed by atoms with E-state index in [0.29, 0.717) is 16.6 Å². The summed E-state index contributed by atoms with van der Waals surface area (Å²) in [7, 11) is 0. The van der Waals surface area contributed by atoms with Crippen LogP contribution in [0.5, 0.6) is 0 Å². The molecule has 1 aromatic rings. The first kappa shape index (κ1) is 14.8. The lowest BCUT2D eigenvalue weighted by atomic mass is 9.89. The van der Waals surface area contributed by atoms with Crippen molar-refractivity contribution in [2.75, 3.05) is 0 Å². The number of benzene rings is 1. The molecule has 1 atom stereocenters. The quantitative estimate of drug-likeness (QED) is 0.577. The van der Waals surface area contributed by atoms with Crippen LogP contribution < -0.4 is 4.48 Å². The van der Waals surface area contributed by atoms with E-state index in [4.69, 9.17) is 0 Å². The number of nitrogens with zero attached hydrogens (tertiary/aromatic N) is 1. The molecule has 2 fully saturated rings. The van der Waals surface area contributed by atoms with Gasteiger partial charge in [-0.15, -0.1) is 0 Å². The second-order valence-corrected chi connectivity index (χ2v) is 7.01. The Morgan fingerprint density at radius 1 is 0.857 bits per heavy atom. The van der Waals surface area contributed by atoms with Gasteiger partial charge in [-0.3, -0.25) is 0 Å². The highest BCUT2D eigenvalue weighted by atomic mass is 16.1. The Morgan fingerprint density at radius 2 is 1.33 bits per heavy atom. The molecule has 0 aliphatic heterocycles. The Morgan fingerprint density at radius 3 is 1.81 bits per heavy atom. The van der Waals surface area contributed by atoms with E-state index in [1.165, 1.54) is 75.4 Å². The standard InChI is InChI=1S/C19H28NO/c1-16-11-13-19(14-12-16)20(15-21,18-9-5-6-10-18)17-7-3-2-4-8-17/h11-15,17-18H,2-10H2,1H3/q+1/t20-/m0/s1. The van der Waals surface area contributed by atoms with Crippen LogP contribution in [0.15, 0.2) is 24.3 Å². The first-order valence-corrected chi connectivity index (χ1v) is 8.69. The monoisotopic (exact) mass is 286 g/mol. The summed E-state index contributed by atoms with van der Waals surface area (Å²) in [6.07, 6.45) is 12.6. The average molecular weight is 286 g/mol. The molecule has 0 unspecified atom stereocenters. The van der Waals surface area contributed by atoms with Gasteiger partial charge in [-0.1, -0.05) is 24.1 Å². The number of rotatable bonds is 4. The zero-order valence-electron chi connectivity index (χ0n) is 13.3. The Labute approximate surface area is 128 Å². The summed E-state index contributed by atoms with van der Waals surface area (Å²) in [6.45, 7) is 2.12. The average Bonchev–Trinajstić information content (AvgIpc) is 3.06. The molecule has 114 valence electrons. The SMILES string of the molecule is Cc1ccc([N@@+](C=O)(C2CCCCC2)C2CCCC2)cc1. The van der Waals surface area contributed by atoms with Gasteiger partial charge in [0, 0.05) is 25.7 Å². The molecule has 2 heteroatoms. The predicted molar refractivity (Wildman–Crippen MR) is 88.2 cm³/mol. The molecule has 2 saturated carbocycles. The van der Waals surface area contributed by atoms with E-state index in [1.807, 2.05) is 0 Å². The summed E-state index contributed by atoms with van der Waals surface area (Å²) in [6, 6.07) is 9.76. The Bertz CT molecular complexity index is 469. The van der Waals surface area contributed by atoms with Crippen molar-refractivity contribution >= 4 is 12.1 Å². The molecule has 1 amide bonds. The fourth-order valence-corrected chi connectivity index (χ4v) is 4.60. The maximum atomic E-state index is 12.4. The van der Waals surface area contributed by atoms with Gasteiger partial charge in [0.1, 0.15) is 17.8 Å². The van der Waals surface area contributed by atoms with Crippen molar-refractivity contribution in [3.05, 3.63) is 29.8 Å².